The van der Waals surface area contributed by atoms with E-state index in [9.17, 15) is 23.3 Å². The molecule has 1 atom stereocenters. The number of ether oxygens (including phenoxy) is 1. The van der Waals surface area contributed by atoms with E-state index in [1.54, 1.807) is 0 Å². The molecule has 1 aromatic rings. The Morgan fingerprint density at radius 2 is 2.06 bits per heavy atom. The van der Waals surface area contributed by atoms with Gasteiger partial charge in [-0.2, -0.15) is 13.2 Å². The van der Waals surface area contributed by atoms with E-state index < -0.39 is 28.5 Å². The smallest absolute Gasteiger partial charge is 0.368 e. The Kier molecular flexibility index (Phi) is 2.34. The van der Waals surface area contributed by atoms with E-state index in [1.807, 2.05) is 0 Å². The van der Waals surface area contributed by atoms with Crippen molar-refractivity contribution in [3.05, 3.63) is 39.4 Å². The van der Waals surface area contributed by atoms with Crippen LogP contribution in [0.4, 0.5) is 18.9 Å². The second-order valence-electron chi connectivity index (χ2n) is 3.35. The summed E-state index contributed by atoms with van der Waals surface area (Å²) < 4.78 is 41.8. The number of nitro benzene ring substituents is 1. The van der Waals surface area contributed by atoms with E-state index in [2.05, 4.69) is 0 Å². The van der Waals surface area contributed by atoms with Gasteiger partial charge in [0.1, 0.15) is 6.10 Å². The summed E-state index contributed by atoms with van der Waals surface area (Å²) in [7, 11) is 0. The Bertz CT molecular complexity index is 440. The van der Waals surface area contributed by atoms with Crippen molar-refractivity contribution in [1.82, 2.24) is 0 Å². The standard InChI is InChI=1S/C9H6F3NO3/c10-9(11,12)5-1-2-6(8-4-16-8)7(3-5)13(14)15/h1-3,8H,4H2. The zero-order chi connectivity index (χ0) is 11.9. The molecule has 0 bridgehead atoms. The maximum absolute atomic E-state index is 12.3. The van der Waals surface area contributed by atoms with E-state index in [-0.39, 0.29) is 5.56 Å². The molecule has 2 rings (SSSR count). The number of hydrogen-bond acceptors (Lipinski definition) is 3. The minimum absolute atomic E-state index is 0.193. The van der Waals surface area contributed by atoms with Crippen molar-refractivity contribution in [2.75, 3.05) is 6.61 Å². The maximum atomic E-state index is 12.3. The average Bonchev–Trinajstić information content (AvgIpc) is 2.98. The molecular weight excluding hydrogens is 227 g/mol. The second kappa shape index (κ2) is 3.44. The van der Waals surface area contributed by atoms with Crippen molar-refractivity contribution in [2.24, 2.45) is 0 Å². The fourth-order valence-corrected chi connectivity index (χ4v) is 1.38. The summed E-state index contributed by atoms with van der Waals surface area (Å²) in [5.74, 6) is 0. The van der Waals surface area contributed by atoms with Crippen LogP contribution in [-0.4, -0.2) is 11.5 Å². The van der Waals surface area contributed by atoms with Gasteiger partial charge in [-0.1, -0.05) is 0 Å². The SMILES string of the molecule is O=[N+]([O-])c1cc(C(F)(F)F)ccc1C1CO1. The van der Waals surface area contributed by atoms with Gasteiger partial charge in [-0.25, -0.2) is 0 Å². The first-order chi connectivity index (χ1) is 7.39. The van der Waals surface area contributed by atoms with Crippen LogP contribution >= 0.6 is 0 Å². The van der Waals surface area contributed by atoms with Crippen LogP contribution in [0.5, 0.6) is 0 Å². The van der Waals surface area contributed by atoms with Crippen molar-refractivity contribution < 1.29 is 22.8 Å². The van der Waals surface area contributed by atoms with Crippen molar-refractivity contribution in [1.29, 1.82) is 0 Å². The predicted octanol–water partition coefficient (Wildman–Crippen LogP) is 2.68. The quantitative estimate of drug-likeness (QED) is 0.448. The van der Waals surface area contributed by atoms with E-state index in [4.69, 9.17) is 4.74 Å². The fourth-order valence-electron chi connectivity index (χ4n) is 1.38. The molecule has 1 aliphatic rings. The molecule has 7 heteroatoms. The molecule has 0 N–H and O–H groups in total. The average molecular weight is 233 g/mol. The summed E-state index contributed by atoms with van der Waals surface area (Å²) in [5.41, 5.74) is -1.38. The molecule has 0 amide bonds. The molecular formula is C9H6F3NO3. The fraction of sp³-hybridized carbons (Fsp3) is 0.333. The number of hydrogen-bond donors (Lipinski definition) is 0. The van der Waals surface area contributed by atoms with Gasteiger partial charge in [0, 0.05) is 6.07 Å². The third kappa shape index (κ3) is 1.99. The molecule has 1 fully saturated rings. The van der Waals surface area contributed by atoms with Crippen LogP contribution in [0.1, 0.15) is 17.2 Å². The lowest BCUT2D eigenvalue weighted by atomic mass is 10.1. The molecule has 1 heterocycles. The molecule has 0 radical (unpaired) electrons. The first-order valence-corrected chi connectivity index (χ1v) is 4.37. The van der Waals surface area contributed by atoms with Crippen LogP contribution in [0.25, 0.3) is 0 Å². The van der Waals surface area contributed by atoms with E-state index in [0.29, 0.717) is 12.7 Å². The Balaban J connectivity index is 2.47. The lowest BCUT2D eigenvalue weighted by Crippen LogP contribution is -2.06. The number of rotatable bonds is 2. The second-order valence-corrected chi connectivity index (χ2v) is 3.35. The van der Waals surface area contributed by atoms with Crippen LogP contribution in [-0.2, 0) is 10.9 Å². The summed E-state index contributed by atoms with van der Waals surface area (Å²) in [6, 6.07) is 2.46. The summed E-state index contributed by atoms with van der Waals surface area (Å²) in [6.07, 6.45) is -5.02. The Hall–Kier alpha value is -1.63. The highest BCUT2D eigenvalue weighted by atomic mass is 19.4. The van der Waals surface area contributed by atoms with E-state index >= 15 is 0 Å². The van der Waals surface area contributed by atoms with E-state index in [1.165, 1.54) is 0 Å². The minimum atomic E-state index is -4.58. The minimum Gasteiger partial charge on any atom is -0.368 e. The number of alkyl halides is 3. The van der Waals surface area contributed by atoms with Gasteiger partial charge in [0.15, 0.2) is 0 Å². The molecule has 1 aliphatic heterocycles. The van der Waals surface area contributed by atoms with Crippen molar-refractivity contribution in [2.45, 2.75) is 12.3 Å². The van der Waals surface area contributed by atoms with Gasteiger partial charge in [0.25, 0.3) is 5.69 Å². The van der Waals surface area contributed by atoms with Gasteiger partial charge in [-0.3, -0.25) is 10.1 Å². The van der Waals surface area contributed by atoms with Crippen molar-refractivity contribution in [3.8, 4) is 0 Å². The van der Waals surface area contributed by atoms with Crippen LogP contribution in [0, 0.1) is 10.1 Å². The Morgan fingerprint density at radius 1 is 1.44 bits per heavy atom. The maximum Gasteiger partial charge on any atom is 0.416 e. The first-order valence-electron chi connectivity index (χ1n) is 4.37. The zero-order valence-electron chi connectivity index (χ0n) is 7.82. The molecule has 16 heavy (non-hydrogen) atoms. The van der Waals surface area contributed by atoms with Crippen LogP contribution < -0.4 is 0 Å². The van der Waals surface area contributed by atoms with E-state index in [0.717, 1.165) is 12.1 Å². The third-order valence-electron chi connectivity index (χ3n) is 2.23. The topological polar surface area (TPSA) is 55.7 Å². The predicted molar refractivity (Wildman–Crippen MR) is 46.8 cm³/mol. The highest BCUT2D eigenvalue weighted by molar-refractivity contribution is 5.46. The zero-order valence-corrected chi connectivity index (χ0v) is 7.82. The van der Waals surface area contributed by atoms with Gasteiger partial charge in [0.2, 0.25) is 0 Å². The molecule has 86 valence electrons. The largest absolute Gasteiger partial charge is 0.416 e. The highest BCUT2D eigenvalue weighted by Crippen LogP contribution is 2.39. The molecule has 0 spiro atoms. The van der Waals surface area contributed by atoms with Gasteiger partial charge >= 0.3 is 6.18 Å². The van der Waals surface area contributed by atoms with Gasteiger partial charge in [-0.15, -0.1) is 0 Å². The van der Waals surface area contributed by atoms with Crippen LogP contribution in [0.15, 0.2) is 18.2 Å². The monoisotopic (exact) mass is 233 g/mol. The number of epoxide rings is 1. The van der Waals surface area contributed by atoms with Crippen molar-refractivity contribution in [3.63, 3.8) is 0 Å². The molecule has 1 saturated heterocycles. The highest BCUT2D eigenvalue weighted by Gasteiger charge is 2.36. The molecule has 1 unspecified atom stereocenters. The molecule has 0 saturated carbocycles. The Labute approximate surface area is 87.8 Å². The summed E-state index contributed by atoms with van der Waals surface area (Å²) in [5, 5.41) is 10.6. The molecule has 1 aromatic carbocycles. The third-order valence-corrected chi connectivity index (χ3v) is 2.23. The van der Waals surface area contributed by atoms with Crippen molar-refractivity contribution >= 4 is 5.69 Å². The summed E-state index contributed by atoms with van der Waals surface area (Å²) in [4.78, 5) is 9.79. The number of nitro groups is 1. The Morgan fingerprint density at radius 3 is 2.50 bits per heavy atom. The number of benzene rings is 1. The molecule has 0 aromatic heterocycles. The normalized spacial score (nSPS) is 19.6. The van der Waals surface area contributed by atoms with Gasteiger partial charge in [-0.05, 0) is 12.1 Å². The molecule has 4 nitrogen and oxygen atoms in total. The molecule has 0 aliphatic carbocycles. The first kappa shape index (κ1) is 10.9. The lowest BCUT2D eigenvalue weighted by Gasteiger charge is -2.07. The summed E-state index contributed by atoms with van der Waals surface area (Å²) >= 11 is 0. The van der Waals surface area contributed by atoms with Gasteiger partial charge < -0.3 is 4.74 Å². The summed E-state index contributed by atoms with van der Waals surface area (Å²) in [6.45, 7) is 0.312. The number of halogens is 3. The van der Waals surface area contributed by atoms with Crippen LogP contribution in [0.2, 0.25) is 0 Å². The van der Waals surface area contributed by atoms with Crippen LogP contribution in [0.3, 0.4) is 0 Å². The number of nitrogens with zero attached hydrogens (tertiary/aromatic N) is 1. The van der Waals surface area contributed by atoms with Gasteiger partial charge in [0.05, 0.1) is 22.7 Å². The lowest BCUT2D eigenvalue weighted by molar-refractivity contribution is -0.385.